The van der Waals surface area contributed by atoms with Crippen LogP contribution < -0.4 is 10.6 Å². The maximum atomic E-state index is 12.0. The van der Waals surface area contributed by atoms with Crippen molar-refractivity contribution < 1.29 is 9.59 Å². The third kappa shape index (κ3) is 4.51. The molecule has 3 aromatic rings. The summed E-state index contributed by atoms with van der Waals surface area (Å²) in [5.74, 6) is -0.415. The Morgan fingerprint density at radius 3 is 2.54 bits per heavy atom. The number of benzene rings is 2. The van der Waals surface area contributed by atoms with Crippen LogP contribution in [-0.4, -0.2) is 29.5 Å². The number of aromatic nitrogens is 1. The van der Waals surface area contributed by atoms with E-state index in [1.807, 2.05) is 31.2 Å². The Balaban J connectivity index is 1.38. The van der Waals surface area contributed by atoms with E-state index >= 15 is 0 Å². The number of para-hydroxylation sites is 1. The van der Waals surface area contributed by atoms with E-state index in [0.717, 1.165) is 18.5 Å². The summed E-state index contributed by atoms with van der Waals surface area (Å²) in [5.41, 5.74) is 2.85. The summed E-state index contributed by atoms with van der Waals surface area (Å²) in [6, 6.07) is 17.6. The quantitative estimate of drug-likeness (QED) is 0.644. The van der Waals surface area contributed by atoms with E-state index in [0.29, 0.717) is 12.1 Å². The maximum Gasteiger partial charge on any atom is 0.251 e. The van der Waals surface area contributed by atoms with Gasteiger partial charge in [-0.2, -0.15) is 0 Å². The average Bonchev–Trinajstić information content (AvgIpc) is 3.07. The number of hydrogen-bond donors (Lipinski definition) is 2. The number of carbonyl (C=O) groups is 2. The molecule has 1 aromatic heterocycles. The topological polar surface area (TPSA) is 63.1 Å². The van der Waals surface area contributed by atoms with Gasteiger partial charge in [-0.25, -0.2) is 0 Å². The van der Waals surface area contributed by atoms with Crippen molar-refractivity contribution >= 4 is 22.7 Å². The summed E-state index contributed by atoms with van der Waals surface area (Å²) in [6.45, 7) is 3.36. The zero-order valence-electron chi connectivity index (χ0n) is 14.9. The second kappa shape index (κ2) is 8.34. The molecule has 0 spiro atoms. The molecule has 3 rings (SSSR count). The minimum atomic E-state index is -0.237. The fourth-order valence-corrected chi connectivity index (χ4v) is 2.84. The molecule has 0 bridgehead atoms. The highest BCUT2D eigenvalue weighted by Crippen LogP contribution is 2.15. The molecule has 0 saturated carbocycles. The second-order valence-electron chi connectivity index (χ2n) is 6.32. The van der Waals surface area contributed by atoms with Crippen LogP contribution in [0.5, 0.6) is 0 Å². The van der Waals surface area contributed by atoms with Gasteiger partial charge < -0.3 is 15.2 Å². The van der Waals surface area contributed by atoms with Crippen molar-refractivity contribution in [2.45, 2.75) is 19.9 Å². The molecular weight excluding hydrogens is 326 g/mol. The first-order valence-electron chi connectivity index (χ1n) is 8.79. The summed E-state index contributed by atoms with van der Waals surface area (Å²) < 4.78 is 2.18. The highest BCUT2D eigenvalue weighted by atomic mass is 16.2. The number of fused-ring (bicyclic) bond motifs is 1. The molecule has 2 N–H and O–H groups in total. The smallest absolute Gasteiger partial charge is 0.251 e. The molecule has 0 aliphatic carbocycles. The van der Waals surface area contributed by atoms with Gasteiger partial charge in [-0.1, -0.05) is 35.9 Å². The van der Waals surface area contributed by atoms with E-state index in [1.165, 1.54) is 10.9 Å². The lowest BCUT2D eigenvalue weighted by molar-refractivity contribution is -0.120. The van der Waals surface area contributed by atoms with Gasteiger partial charge in [-0.15, -0.1) is 0 Å². The first-order chi connectivity index (χ1) is 12.6. The first-order valence-corrected chi connectivity index (χ1v) is 8.79. The lowest BCUT2D eigenvalue weighted by atomic mass is 10.1. The number of nitrogens with one attached hydrogen (secondary N) is 2. The van der Waals surface area contributed by atoms with Crippen LogP contribution in [0.1, 0.15) is 22.3 Å². The number of rotatable bonds is 7. The molecule has 0 fully saturated rings. The Labute approximate surface area is 153 Å². The first kappa shape index (κ1) is 17.7. The van der Waals surface area contributed by atoms with Crippen molar-refractivity contribution in [3.63, 3.8) is 0 Å². The minimum Gasteiger partial charge on any atom is -0.355 e. The Hall–Kier alpha value is -3.08. The number of amides is 2. The van der Waals surface area contributed by atoms with Gasteiger partial charge in [0.05, 0.1) is 6.54 Å². The Morgan fingerprint density at radius 1 is 0.962 bits per heavy atom. The van der Waals surface area contributed by atoms with Crippen LogP contribution in [-0.2, 0) is 11.3 Å². The molecule has 5 heteroatoms. The predicted octanol–water partition coefficient (Wildman–Crippen LogP) is 2.89. The molecule has 0 radical (unpaired) electrons. The molecule has 0 aliphatic heterocycles. The van der Waals surface area contributed by atoms with Crippen molar-refractivity contribution in [2.75, 3.05) is 13.1 Å². The number of carbonyl (C=O) groups excluding carboxylic acids is 2. The lowest BCUT2D eigenvalue weighted by Gasteiger charge is -2.08. The molecule has 134 valence electrons. The van der Waals surface area contributed by atoms with Gasteiger partial charge >= 0.3 is 0 Å². The molecular formula is C21H23N3O2. The van der Waals surface area contributed by atoms with E-state index in [9.17, 15) is 9.59 Å². The number of hydrogen-bond acceptors (Lipinski definition) is 2. The van der Waals surface area contributed by atoms with Gasteiger partial charge in [0.2, 0.25) is 5.91 Å². The largest absolute Gasteiger partial charge is 0.355 e. The zero-order chi connectivity index (χ0) is 18.4. The van der Waals surface area contributed by atoms with Crippen molar-refractivity contribution in [3.05, 3.63) is 71.9 Å². The molecule has 2 aromatic carbocycles. The van der Waals surface area contributed by atoms with Crippen LogP contribution in [0.3, 0.4) is 0 Å². The zero-order valence-corrected chi connectivity index (χ0v) is 14.9. The molecule has 2 amide bonds. The predicted molar refractivity (Wildman–Crippen MR) is 103 cm³/mol. The highest BCUT2D eigenvalue weighted by molar-refractivity contribution is 5.96. The second-order valence-corrected chi connectivity index (χ2v) is 6.32. The van der Waals surface area contributed by atoms with Gasteiger partial charge in [0.25, 0.3) is 5.91 Å². The van der Waals surface area contributed by atoms with Gasteiger partial charge in [0, 0.05) is 30.4 Å². The molecule has 0 unspecified atom stereocenters. The van der Waals surface area contributed by atoms with E-state index in [1.54, 1.807) is 12.1 Å². The fourth-order valence-electron chi connectivity index (χ4n) is 2.84. The van der Waals surface area contributed by atoms with Gasteiger partial charge in [0.15, 0.2) is 0 Å². The average molecular weight is 349 g/mol. The molecule has 26 heavy (non-hydrogen) atoms. The van der Waals surface area contributed by atoms with Crippen molar-refractivity contribution in [1.82, 2.24) is 15.2 Å². The third-order valence-corrected chi connectivity index (χ3v) is 4.30. The van der Waals surface area contributed by atoms with Crippen LogP contribution >= 0.6 is 0 Å². The third-order valence-electron chi connectivity index (χ3n) is 4.30. The molecule has 0 saturated heterocycles. The maximum absolute atomic E-state index is 12.0. The minimum absolute atomic E-state index is 0.0147. The van der Waals surface area contributed by atoms with E-state index in [4.69, 9.17) is 0 Å². The van der Waals surface area contributed by atoms with Crippen molar-refractivity contribution in [3.8, 4) is 0 Å². The number of aryl methyl sites for hydroxylation is 2. The monoisotopic (exact) mass is 349 g/mol. The molecule has 0 aliphatic rings. The molecule has 5 nitrogen and oxygen atoms in total. The Morgan fingerprint density at radius 2 is 1.73 bits per heavy atom. The van der Waals surface area contributed by atoms with Crippen LogP contribution in [0.4, 0.5) is 0 Å². The highest BCUT2D eigenvalue weighted by Gasteiger charge is 2.07. The van der Waals surface area contributed by atoms with E-state index < -0.39 is 0 Å². The van der Waals surface area contributed by atoms with Gasteiger partial charge in [0.1, 0.15) is 0 Å². The van der Waals surface area contributed by atoms with Crippen LogP contribution in [0, 0.1) is 6.92 Å². The Kier molecular flexibility index (Phi) is 5.69. The van der Waals surface area contributed by atoms with E-state index in [-0.39, 0.29) is 18.4 Å². The standard InChI is InChI=1S/C21H23N3O2/c1-16-7-9-18(10-8-16)21(26)23-15-20(25)22-12-4-13-24-14-11-17-5-2-3-6-19(17)24/h2-3,5-11,14H,4,12-13,15H2,1H3,(H,22,25)(H,23,26). The molecule has 0 atom stereocenters. The van der Waals surface area contributed by atoms with E-state index in [2.05, 4.69) is 39.6 Å². The van der Waals surface area contributed by atoms with Gasteiger partial charge in [-0.05, 0) is 43.0 Å². The lowest BCUT2D eigenvalue weighted by Crippen LogP contribution is -2.37. The summed E-state index contributed by atoms with van der Waals surface area (Å²) >= 11 is 0. The Bertz CT molecular complexity index is 897. The summed E-state index contributed by atoms with van der Waals surface area (Å²) in [5, 5.41) is 6.70. The summed E-state index contributed by atoms with van der Waals surface area (Å²) in [6.07, 6.45) is 2.89. The van der Waals surface area contributed by atoms with Crippen molar-refractivity contribution in [2.24, 2.45) is 0 Å². The fraction of sp³-hybridized carbons (Fsp3) is 0.238. The number of nitrogens with zero attached hydrogens (tertiary/aromatic N) is 1. The van der Waals surface area contributed by atoms with Crippen LogP contribution in [0.2, 0.25) is 0 Å². The normalized spacial score (nSPS) is 10.7. The molecule has 1 heterocycles. The van der Waals surface area contributed by atoms with Crippen molar-refractivity contribution in [1.29, 1.82) is 0 Å². The summed E-state index contributed by atoms with van der Waals surface area (Å²) in [4.78, 5) is 23.8. The summed E-state index contributed by atoms with van der Waals surface area (Å²) in [7, 11) is 0. The van der Waals surface area contributed by atoms with Crippen LogP contribution in [0.25, 0.3) is 10.9 Å². The van der Waals surface area contributed by atoms with Crippen LogP contribution in [0.15, 0.2) is 60.8 Å². The SMILES string of the molecule is Cc1ccc(C(=O)NCC(=O)NCCCn2ccc3ccccc32)cc1. The van der Waals surface area contributed by atoms with Gasteiger partial charge in [-0.3, -0.25) is 9.59 Å².